The van der Waals surface area contributed by atoms with Gasteiger partial charge in [-0.3, -0.25) is 4.79 Å². The van der Waals surface area contributed by atoms with Crippen LogP contribution in [-0.4, -0.2) is 31.7 Å². The second-order valence-electron chi connectivity index (χ2n) is 3.97. The molecule has 0 radical (unpaired) electrons. The normalized spacial score (nSPS) is 19.1. The van der Waals surface area contributed by atoms with Gasteiger partial charge < -0.3 is 0 Å². The number of hydrogen-bond acceptors (Lipinski definition) is 3. The molecule has 1 aliphatic rings. The summed E-state index contributed by atoms with van der Waals surface area (Å²) in [6.45, 7) is 1.20. The molecular weight excluding hydrogens is 216 g/mol. The molecule has 1 N–H and O–H groups in total. The predicted octanol–water partition coefficient (Wildman–Crippen LogP) is 0.632. The van der Waals surface area contributed by atoms with Crippen LogP contribution in [0.25, 0.3) is 0 Å². The fraction of sp³-hybridized carbons (Fsp3) is 0.889. The molecule has 0 bridgehead atoms. The molecule has 0 unspecified atom stereocenters. The van der Waals surface area contributed by atoms with Gasteiger partial charge in [0.2, 0.25) is 5.91 Å². The summed E-state index contributed by atoms with van der Waals surface area (Å²) in [5.41, 5.74) is 0. The van der Waals surface area contributed by atoms with Gasteiger partial charge >= 0.3 is 10.2 Å². The lowest BCUT2D eigenvalue weighted by Crippen LogP contribution is -2.46. The first-order chi connectivity index (χ1) is 6.93. The predicted molar refractivity (Wildman–Crippen MR) is 57.4 cm³/mol. The standard InChI is InChI=1S/C9H18N2O3S/c1-8(12)10-15(13,14)11(2)9-6-4-3-5-7-9/h9H,3-7H2,1-2H3,(H,10,12). The van der Waals surface area contributed by atoms with E-state index in [1.165, 1.54) is 24.7 Å². The van der Waals surface area contributed by atoms with E-state index in [1.54, 1.807) is 0 Å². The fourth-order valence-corrected chi connectivity index (χ4v) is 3.01. The summed E-state index contributed by atoms with van der Waals surface area (Å²) >= 11 is 0. The summed E-state index contributed by atoms with van der Waals surface area (Å²) in [5, 5.41) is 0. The minimum Gasteiger partial charge on any atom is -0.274 e. The van der Waals surface area contributed by atoms with Crippen LogP contribution >= 0.6 is 0 Å². The lowest BCUT2D eigenvalue weighted by molar-refractivity contribution is -0.117. The van der Waals surface area contributed by atoms with Crippen molar-refractivity contribution in [3.05, 3.63) is 0 Å². The minimum atomic E-state index is -3.63. The highest BCUT2D eigenvalue weighted by atomic mass is 32.2. The third-order valence-corrected chi connectivity index (χ3v) is 4.34. The van der Waals surface area contributed by atoms with Gasteiger partial charge in [0.05, 0.1) is 0 Å². The Morgan fingerprint density at radius 3 is 2.27 bits per heavy atom. The first kappa shape index (κ1) is 12.4. The zero-order valence-electron chi connectivity index (χ0n) is 9.19. The molecule has 0 atom stereocenters. The lowest BCUT2D eigenvalue weighted by Gasteiger charge is -2.29. The number of carbonyl (C=O) groups is 1. The van der Waals surface area contributed by atoms with Crippen LogP contribution in [0.5, 0.6) is 0 Å². The molecule has 0 spiro atoms. The maximum absolute atomic E-state index is 11.6. The molecule has 6 heteroatoms. The van der Waals surface area contributed by atoms with Crippen molar-refractivity contribution >= 4 is 16.1 Å². The number of rotatable bonds is 3. The molecule has 1 amide bonds. The van der Waals surface area contributed by atoms with Crippen LogP contribution in [0.3, 0.4) is 0 Å². The van der Waals surface area contributed by atoms with Gasteiger partial charge in [-0.25, -0.2) is 4.72 Å². The van der Waals surface area contributed by atoms with Crippen LogP contribution < -0.4 is 4.72 Å². The second kappa shape index (κ2) is 4.94. The van der Waals surface area contributed by atoms with Crippen molar-refractivity contribution in [2.75, 3.05) is 7.05 Å². The van der Waals surface area contributed by atoms with Crippen molar-refractivity contribution in [3.63, 3.8) is 0 Å². The van der Waals surface area contributed by atoms with Gasteiger partial charge in [-0.2, -0.15) is 12.7 Å². The summed E-state index contributed by atoms with van der Waals surface area (Å²) in [6.07, 6.45) is 5.06. The number of nitrogens with one attached hydrogen (secondary N) is 1. The van der Waals surface area contributed by atoms with Crippen LogP contribution in [0.2, 0.25) is 0 Å². The maximum Gasteiger partial charge on any atom is 0.303 e. The van der Waals surface area contributed by atoms with Crippen LogP contribution in [0.4, 0.5) is 0 Å². The van der Waals surface area contributed by atoms with E-state index in [1.807, 2.05) is 4.72 Å². The Bertz CT molecular complexity index is 320. The first-order valence-corrected chi connectivity index (χ1v) is 6.64. The first-order valence-electron chi connectivity index (χ1n) is 5.20. The molecule has 0 saturated heterocycles. The number of nitrogens with zero attached hydrogens (tertiary/aromatic N) is 1. The third kappa shape index (κ3) is 3.46. The average Bonchev–Trinajstić information content (AvgIpc) is 2.16. The van der Waals surface area contributed by atoms with Gasteiger partial charge in [-0.05, 0) is 12.8 Å². The summed E-state index contributed by atoms with van der Waals surface area (Å²) in [4.78, 5) is 10.7. The van der Waals surface area contributed by atoms with E-state index in [4.69, 9.17) is 0 Å². The molecule has 0 aromatic heterocycles. The Labute approximate surface area is 91.0 Å². The van der Waals surface area contributed by atoms with Gasteiger partial charge in [0.25, 0.3) is 0 Å². The Morgan fingerprint density at radius 1 is 1.27 bits per heavy atom. The van der Waals surface area contributed by atoms with Crippen molar-refractivity contribution in [3.8, 4) is 0 Å². The Morgan fingerprint density at radius 2 is 1.80 bits per heavy atom. The quantitative estimate of drug-likeness (QED) is 0.779. The summed E-state index contributed by atoms with van der Waals surface area (Å²) in [7, 11) is -2.10. The minimum absolute atomic E-state index is 0.0376. The highest BCUT2D eigenvalue weighted by Crippen LogP contribution is 2.22. The van der Waals surface area contributed by atoms with E-state index < -0.39 is 16.1 Å². The van der Waals surface area contributed by atoms with Gasteiger partial charge in [0.1, 0.15) is 0 Å². The van der Waals surface area contributed by atoms with E-state index >= 15 is 0 Å². The molecule has 0 aromatic carbocycles. The van der Waals surface area contributed by atoms with Crippen molar-refractivity contribution in [2.45, 2.75) is 45.1 Å². The SMILES string of the molecule is CC(=O)NS(=O)(=O)N(C)C1CCCCC1. The van der Waals surface area contributed by atoms with E-state index in [0.717, 1.165) is 25.7 Å². The highest BCUT2D eigenvalue weighted by molar-refractivity contribution is 7.87. The van der Waals surface area contributed by atoms with Crippen molar-refractivity contribution in [1.29, 1.82) is 0 Å². The third-order valence-electron chi connectivity index (χ3n) is 2.74. The van der Waals surface area contributed by atoms with E-state index in [0.29, 0.717) is 0 Å². The largest absolute Gasteiger partial charge is 0.303 e. The molecule has 1 aliphatic carbocycles. The monoisotopic (exact) mass is 234 g/mol. The van der Waals surface area contributed by atoms with Crippen LogP contribution in [-0.2, 0) is 15.0 Å². The van der Waals surface area contributed by atoms with Crippen LogP contribution in [0, 0.1) is 0 Å². The molecular formula is C9H18N2O3S. The Hall–Kier alpha value is -0.620. The number of amides is 1. The van der Waals surface area contributed by atoms with Gasteiger partial charge in [0, 0.05) is 20.0 Å². The van der Waals surface area contributed by atoms with Crippen molar-refractivity contribution in [1.82, 2.24) is 9.03 Å². The molecule has 1 fully saturated rings. The molecule has 88 valence electrons. The molecule has 1 saturated carbocycles. The van der Waals surface area contributed by atoms with E-state index in [2.05, 4.69) is 0 Å². The molecule has 0 heterocycles. The van der Waals surface area contributed by atoms with Crippen molar-refractivity contribution < 1.29 is 13.2 Å². The summed E-state index contributed by atoms with van der Waals surface area (Å²) in [6, 6.07) is 0.0376. The van der Waals surface area contributed by atoms with Gasteiger partial charge in [0.15, 0.2) is 0 Å². The topological polar surface area (TPSA) is 66.5 Å². The van der Waals surface area contributed by atoms with E-state index in [-0.39, 0.29) is 6.04 Å². The Kier molecular flexibility index (Phi) is 4.10. The van der Waals surface area contributed by atoms with E-state index in [9.17, 15) is 13.2 Å². The second-order valence-corrected chi connectivity index (χ2v) is 5.70. The Balaban J connectivity index is 2.65. The average molecular weight is 234 g/mol. The number of hydrogen-bond donors (Lipinski definition) is 1. The zero-order chi connectivity index (χ0) is 11.5. The lowest BCUT2D eigenvalue weighted by atomic mass is 9.96. The molecule has 5 nitrogen and oxygen atoms in total. The van der Waals surface area contributed by atoms with Gasteiger partial charge in [-0.15, -0.1) is 0 Å². The van der Waals surface area contributed by atoms with Crippen LogP contribution in [0.1, 0.15) is 39.0 Å². The smallest absolute Gasteiger partial charge is 0.274 e. The molecule has 0 aliphatic heterocycles. The van der Waals surface area contributed by atoms with Crippen LogP contribution in [0.15, 0.2) is 0 Å². The summed E-state index contributed by atoms with van der Waals surface area (Å²) < 4.78 is 26.5. The molecule has 1 rings (SSSR count). The number of carbonyl (C=O) groups excluding carboxylic acids is 1. The maximum atomic E-state index is 11.6. The fourth-order valence-electron chi connectivity index (χ4n) is 1.89. The van der Waals surface area contributed by atoms with Gasteiger partial charge in [-0.1, -0.05) is 19.3 Å². The van der Waals surface area contributed by atoms with Crippen molar-refractivity contribution in [2.24, 2.45) is 0 Å². The summed E-state index contributed by atoms with van der Waals surface area (Å²) in [5.74, 6) is -0.544. The molecule has 0 aromatic rings. The zero-order valence-corrected chi connectivity index (χ0v) is 10.0. The highest BCUT2D eigenvalue weighted by Gasteiger charge is 2.27. The molecule has 15 heavy (non-hydrogen) atoms.